The number of fused-ring (bicyclic) bond motifs is 2. The molecule has 1 saturated heterocycles. The molecule has 9 heteroatoms. The second-order valence-electron chi connectivity index (χ2n) is 13.9. The number of hydrogen-bond donors (Lipinski definition) is 2. The predicted octanol–water partition coefficient (Wildman–Crippen LogP) is 4.48. The van der Waals surface area contributed by atoms with Gasteiger partial charge in [0.15, 0.2) is 12.4 Å². The van der Waals surface area contributed by atoms with Gasteiger partial charge < -0.3 is 34.0 Å². The molecule has 5 aliphatic rings. The zero-order valence-corrected chi connectivity index (χ0v) is 26.4. The van der Waals surface area contributed by atoms with Crippen molar-refractivity contribution in [2.75, 3.05) is 13.7 Å². The van der Waals surface area contributed by atoms with E-state index in [0.29, 0.717) is 24.3 Å². The summed E-state index contributed by atoms with van der Waals surface area (Å²) in [7, 11) is 1.47. The van der Waals surface area contributed by atoms with Crippen LogP contribution in [0.3, 0.4) is 0 Å². The van der Waals surface area contributed by atoms with E-state index in [1.807, 2.05) is 20.8 Å². The lowest BCUT2D eigenvalue weighted by molar-refractivity contribution is -0.308. The number of allylic oxidation sites excluding steroid dienone is 4. The van der Waals surface area contributed by atoms with Gasteiger partial charge in [-0.1, -0.05) is 57.1 Å². The molecule has 0 radical (unpaired) electrons. The van der Waals surface area contributed by atoms with E-state index in [9.17, 15) is 24.6 Å². The van der Waals surface area contributed by atoms with E-state index in [2.05, 4.69) is 13.0 Å². The van der Waals surface area contributed by atoms with Crippen LogP contribution < -0.4 is 0 Å². The highest BCUT2D eigenvalue weighted by molar-refractivity contribution is 5.90. The molecule has 4 aliphatic carbocycles. The maximum atomic E-state index is 13.7. The van der Waals surface area contributed by atoms with Gasteiger partial charge in [0.2, 0.25) is 0 Å². The molecule has 0 aromatic rings. The van der Waals surface area contributed by atoms with Crippen LogP contribution in [-0.4, -0.2) is 72.9 Å². The van der Waals surface area contributed by atoms with Crippen molar-refractivity contribution >= 4 is 18.2 Å². The first-order chi connectivity index (χ1) is 20.4. The molecule has 4 unspecified atom stereocenters. The van der Waals surface area contributed by atoms with Crippen molar-refractivity contribution in [1.29, 1.82) is 0 Å². The average Bonchev–Trinajstić information content (AvgIpc) is 3.54. The normalized spacial score (nSPS) is 45.4. The van der Waals surface area contributed by atoms with Crippen LogP contribution >= 0.6 is 0 Å². The van der Waals surface area contributed by atoms with Crippen molar-refractivity contribution in [3.8, 4) is 0 Å². The van der Waals surface area contributed by atoms with Crippen LogP contribution in [0.25, 0.3) is 0 Å². The Bertz CT molecular complexity index is 1220. The molecule has 1 heterocycles. The summed E-state index contributed by atoms with van der Waals surface area (Å²) in [5.74, 6) is -1.17. The highest BCUT2D eigenvalue weighted by Gasteiger charge is 2.84. The first-order valence-electron chi connectivity index (χ1n) is 15.8. The molecule has 3 saturated carbocycles. The summed E-state index contributed by atoms with van der Waals surface area (Å²) in [5.41, 5.74) is -2.10. The van der Waals surface area contributed by atoms with Crippen molar-refractivity contribution < 1.29 is 43.5 Å². The summed E-state index contributed by atoms with van der Waals surface area (Å²) in [6, 6.07) is 0. The van der Waals surface area contributed by atoms with Gasteiger partial charge in [0.05, 0.1) is 18.1 Å². The van der Waals surface area contributed by atoms with Gasteiger partial charge in [-0.25, -0.2) is 4.79 Å². The second kappa shape index (κ2) is 11.5. The van der Waals surface area contributed by atoms with Gasteiger partial charge in [0, 0.05) is 18.1 Å². The number of rotatable bonds is 10. The molecule has 9 nitrogen and oxygen atoms in total. The van der Waals surface area contributed by atoms with Crippen LogP contribution in [0.4, 0.5) is 0 Å². The molecule has 238 valence electrons. The van der Waals surface area contributed by atoms with E-state index < -0.39 is 58.9 Å². The molecule has 5 rings (SSSR count). The number of methoxy groups -OCH3 is 1. The molecule has 12 atom stereocenters. The Morgan fingerprint density at radius 2 is 1.91 bits per heavy atom. The smallest absolute Gasteiger partial charge is 0.334 e. The predicted molar refractivity (Wildman–Crippen MR) is 158 cm³/mol. The molecular formula is C34H48O9. The number of aliphatic carboxylic acids is 1. The second-order valence-corrected chi connectivity index (χ2v) is 13.9. The number of aliphatic hydroxyl groups excluding tert-OH is 1. The van der Waals surface area contributed by atoms with Gasteiger partial charge in [-0.05, 0) is 69.6 Å². The summed E-state index contributed by atoms with van der Waals surface area (Å²) in [6.45, 7) is 11.4. The van der Waals surface area contributed by atoms with Crippen LogP contribution in [-0.2, 0) is 33.3 Å². The lowest BCUT2D eigenvalue weighted by Crippen LogP contribution is -2.64. The molecule has 0 aromatic carbocycles. The first-order valence-corrected chi connectivity index (χ1v) is 15.8. The van der Waals surface area contributed by atoms with Gasteiger partial charge in [-0.2, -0.15) is 0 Å². The van der Waals surface area contributed by atoms with Gasteiger partial charge >= 0.3 is 11.9 Å². The number of ether oxygens (including phenoxy) is 4. The molecule has 2 N–H and O–H groups in total. The fourth-order valence-corrected chi connectivity index (χ4v) is 9.98. The largest absolute Gasteiger partial charge is 0.481 e. The quantitative estimate of drug-likeness (QED) is 0.123. The summed E-state index contributed by atoms with van der Waals surface area (Å²) in [4.78, 5) is 39.8. The first kappa shape index (κ1) is 32.1. The zero-order valence-electron chi connectivity index (χ0n) is 26.4. The lowest BCUT2D eigenvalue weighted by atomic mass is 9.43. The third-order valence-electron chi connectivity index (χ3n) is 11.8. The van der Waals surface area contributed by atoms with Crippen molar-refractivity contribution in [3.63, 3.8) is 0 Å². The summed E-state index contributed by atoms with van der Waals surface area (Å²) < 4.78 is 23.9. The number of esters is 1. The Hall–Kier alpha value is -2.33. The van der Waals surface area contributed by atoms with E-state index in [-0.39, 0.29) is 30.3 Å². The number of carbonyl (C=O) groups is 3. The molecule has 4 bridgehead atoms. The van der Waals surface area contributed by atoms with Crippen LogP contribution in [0.15, 0.2) is 35.5 Å². The Morgan fingerprint density at radius 3 is 2.51 bits per heavy atom. The van der Waals surface area contributed by atoms with Crippen molar-refractivity contribution in [2.45, 2.75) is 97.9 Å². The van der Waals surface area contributed by atoms with E-state index in [1.165, 1.54) is 7.11 Å². The third kappa shape index (κ3) is 4.36. The van der Waals surface area contributed by atoms with Gasteiger partial charge in [-0.15, -0.1) is 0 Å². The summed E-state index contributed by atoms with van der Waals surface area (Å²) >= 11 is 0. The number of aliphatic hydroxyl groups is 1. The Balaban J connectivity index is 1.49. The molecule has 43 heavy (non-hydrogen) atoms. The van der Waals surface area contributed by atoms with E-state index in [0.717, 1.165) is 24.7 Å². The van der Waals surface area contributed by atoms with Crippen LogP contribution in [0.5, 0.6) is 0 Å². The van der Waals surface area contributed by atoms with E-state index in [4.69, 9.17) is 18.9 Å². The number of aldehydes is 1. The lowest BCUT2D eigenvalue weighted by Gasteiger charge is -2.58. The minimum absolute atomic E-state index is 0.00476. The zero-order chi connectivity index (χ0) is 31.5. The number of hydrogen-bond acceptors (Lipinski definition) is 8. The SMILES string of the molecule is C/C=C/C=C(\C)C(=O)O[C@H]1[C@H](O)[C@H](OCC23C[C@@H]4[C@H](C)CC[C@H]4C4(C=O)CC2C=C(C(C)C)C34C(=O)O)O[C@H](C)[C@H]1OC. The van der Waals surface area contributed by atoms with Crippen LogP contribution in [0, 0.1) is 45.8 Å². The number of carboxylic acids is 1. The van der Waals surface area contributed by atoms with Crippen LogP contribution in [0.2, 0.25) is 0 Å². The highest BCUT2D eigenvalue weighted by atomic mass is 16.7. The Labute approximate surface area is 254 Å². The molecule has 0 spiro atoms. The maximum absolute atomic E-state index is 13.7. The summed E-state index contributed by atoms with van der Waals surface area (Å²) in [6.07, 6.45) is 6.21. The fourth-order valence-electron chi connectivity index (χ4n) is 9.98. The average molecular weight is 601 g/mol. The number of carbonyl (C=O) groups excluding carboxylic acids is 2. The Kier molecular flexibility index (Phi) is 8.61. The molecule has 0 amide bonds. The molecular weight excluding hydrogens is 552 g/mol. The fraction of sp³-hybridized carbons (Fsp3) is 0.735. The molecule has 4 fully saturated rings. The molecule has 0 aromatic heterocycles. The van der Waals surface area contributed by atoms with Crippen LogP contribution in [0.1, 0.15) is 67.2 Å². The van der Waals surface area contributed by atoms with Gasteiger partial charge in [0.1, 0.15) is 23.9 Å². The minimum atomic E-state index is -1.40. The monoisotopic (exact) mass is 600 g/mol. The van der Waals surface area contributed by atoms with Crippen molar-refractivity contribution in [3.05, 3.63) is 35.5 Å². The number of carboxylic acid groups (broad SMARTS) is 1. The Morgan fingerprint density at radius 1 is 1.19 bits per heavy atom. The van der Waals surface area contributed by atoms with Gasteiger partial charge in [0.25, 0.3) is 0 Å². The topological polar surface area (TPSA) is 129 Å². The van der Waals surface area contributed by atoms with Gasteiger partial charge in [-0.3, -0.25) is 4.79 Å². The molecule has 1 aliphatic heterocycles. The maximum Gasteiger partial charge on any atom is 0.334 e. The van der Waals surface area contributed by atoms with E-state index in [1.54, 1.807) is 32.1 Å². The highest BCUT2D eigenvalue weighted by Crippen LogP contribution is 2.82. The third-order valence-corrected chi connectivity index (χ3v) is 11.8. The van der Waals surface area contributed by atoms with E-state index >= 15 is 0 Å². The minimum Gasteiger partial charge on any atom is -0.481 e. The summed E-state index contributed by atoms with van der Waals surface area (Å²) in [5, 5.41) is 22.7. The standard InChI is InChI=1S/C34H48O9/c1-8-9-10-20(5)29(37)43-28-26(36)30(42-21(6)27(28)40-7)41-17-33-15-23-19(4)11-12-24(23)32(16-35)14-22(33)13-25(18(2)3)34(32,33)31(38)39/h8-10,13,16,18-19,21-24,26-28,30,36H,11-12,14-15,17H2,1-7H3,(H,38,39)/b9-8+,20-10+/t19-,21-,22?,23-,24-,26+,27-,28+,30-,32?,33?,34?/m1/s1. The van der Waals surface area contributed by atoms with Crippen molar-refractivity contribution in [1.82, 2.24) is 0 Å². The van der Waals surface area contributed by atoms with Crippen molar-refractivity contribution in [2.24, 2.45) is 45.8 Å².